The molecule has 0 aliphatic rings. The molecule has 0 amide bonds. The molecule has 2 heterocycles. The molecule has 9 heteroatoms. The Hall–Kier alpha value is -3.12. The molecule has 138 valence electrons. The first-order valence-electron chi connectivity index (χ1n) is 8.38. The summed E-state index contributed by atoms with van der Waals surface area (Å²) in [6, 6.07) is 9.05. The van der Waals surface area contributed by atoms with Gasteiger partial charge in [0.15, 0.2) is 10.9 Å². The van der Waals surface area contributed by atoms with E-state index in [2.05, 4.69) is 10.2 Å². The van der Waals surface area contributed by atoms with Gasteiger partial charge in [0.25, 0.3) is 5.56 Å². The van der Waals surface area contributed by atoms with Crippen molar-refractivity contribution in [3.63, 3.8) is 0 Å². The molecule has 0 spiro atoms. The van der Waals surface area contributed by atoms with Crippen LogP contribution in [0.4, 0.5) is 0 Å². The van der Waals surface area contributed by atoms with E-state index < -0.39 is 0 Å². The number of nitrogens with zero attached hydrogens (tertiary/aromatic N) is 5. The van der Waals surface area contributed by atoms with Crippen molar-refractivity contribution in [2.45, 2.75) is 32.0 Å². The SMILES string of the molecule is CCCn1c(=O)c2ccccc2n2c(SCC(=O)C(C#N)=C(C)N)nnc12. The number of carbonyl (C=O) groups excluding carboxylic acids is 1. The fourth-order valence-electron chi connectivity index (χ4n) is 2.82. The second kappa shape index (κ2) is 7.63. The van der Waals surface area contributed by atoms with Gasteiger partial charge in [0.1, 0.15) is 11.6 Å². The molecule has 2 N–H and O–H groups in total. The number of benzene rings is 1. The molecule has 0 fully saturated rings. The maximum atomic E-state index is 12.8. The fraction of sp³-hybridized carbons (Fsp3) is 0.278. The zero-order valence-corrected chi connectivity index (χ0v) is 15.8. The first-order valence-corrected chi connectivity index (χ1v) is 9.37. The highest BCUT2D eigenvalue weighted by Gasteiger charge is 2.18. The number of ketones is 1. The van der Waals surface area contributed by atoms with Gasteiger partial charge in [0.05, 0.1) is 16.7 Å². The number of para-hydroxylation sites is 1. The van der Waals surface area contributed by atoms with Gasteiger partial charge in [-0.3, -0.25) is 18.6 Å². The third-order valence-electron chi connectivity index (χ3n) is 4.04. The summed E-state index contributed by atoms with van der Waals surface area (Å²) in [5, 5.41) is 18.4. The van der Waals surface area contributed by atoms with E-state index in [-0.39, 0.29) is 28.4 Å². The van der Waals surface area contributed by atoms with Crippen LogP contribution in [-0.4, -0.2) is 30.7 Å². The van der Waals surface area contributed by atoms with Gasteiger partial charge in [-0.25, -0.2) is 0 Å². The van der Waals surface area contributed by atoms with E-state index >= 15 is 0 Å². The van der Waals surface area contributed by atoms with Crippen LogP contribution in [0.3, 0.4) is 0 Å². The maximum Gasteiger partial charge on any atom is 0.262 e. The molecule has 0 saturated carbocycles. The summed E-state index contributed by atoms with van der Waals surface area (Å²) in [5.41, 5.74) is 6.29. The smallest absolute Gasteiger partial charge is 0.262 e. The normalized spacial score (nSPS) is 12.2. The molecular weight excluding hydrogens is 364 g/mol. The molecule has 0 saturated heterocycles. The average molecular weight is 382 g/mol. The summed E-state index contributed by atoms with van der Waals surface area (Å²) in [5.74, 6) is 0.0615. The number of rotatable bonds is 6. The third kappa shape index (κ3) is 3.31. The Balaban J connectivity index is 2.11. The minimum absolute atomic E-state index is 0.000538. The lowest BCUT2D eigenvalue weighted by atomic mass is 10.2. The Labute approximate surface area is 159 Å². The zero-order valence-electron chi connectivity index (χ0n) is 15.0. The first-order chi connectivity index (χ1) is 13.0. The van der Waals surface area contributed by atoms with Crippen LogP contribution in [0.25, 0.3) is 16.7 Å². The lowest BCUT2D eigenvalue weighted by molar-refractivity contribution is -0.112. The molecular formula is C18H18N6O2S. The Morgan fingerprint density at radius 1 is 1.33 bits per heavy atom. The molecule has 0 bridgehead atoms. The van der Waals surface area contributed by atoms with Crippen molar-refractivity contribution in [1.29, 1.82) is 5.26 Å². The Bertz CT molecular complexity index is 1160. The number of hydrogen-bond acceptors (Lipinski definition) is 7. The van der Waals surface area contributed by atoms with Gasteiger partial charge in [-0.1, -0.05) is 30.8 Å². The molecule has 3 aromatic rings. The summed E-state index contributed by atoms with van der Waals surface area (Å²) >= 11 is 1.16. The monoisotopic (exact) mass is 382 g/mol. The van der Waals surface area contributed by atoms with Crippen LogP contribution in [0.15, 0.2) is 45.5 Å². The van der Waals surface area contributed by atoms with Gasteiger partial charge >= 0.3 is 0 Å². The predicted molar refractivity (Wildman–Crippen MR) is 103 cm³/mol. The van der Waals surface area contributed by atoms with Crippen molar-refractivity contribution >= 4 is 34.2 Å². The molecule has 1 aromatic carbocycles. The van der Waals surface area contributed by atoms with Crippen LogP contribution in [0.5, 0.6) is 0 Å². The second-order valence-electron chi connectivity index (χ2n) is 5.97. The largest absolute Gasteiger partial charge is 0.401 e. The van der Waals surface area contributed by atoms with E-state index in [0.717, 1.165) is 18.2 Å². The molecule has 8 nitrogen and oxygen atoms in total. The van der Waals surface area contributed by atoms with Crippen molar-refractivity contribution in [2.24, 2.45) is 5.73 Å². The number of fused-ring (bicyclic) bond motifs is 3. The van der Waals surface area contributed by atoms with Crippen LogP contribution in [0.1, 0.15) is 20.3 Å². The number of nitriles is 1. The quantitative estimate of drug-likeness (QED) is 0.393. The van der Waals surface area contributed by atoms with Gasteiger partial charge in [-0.15, -0.1) is 10.2 Å². The predicted octanol–water partition coefficient (Wildman–Crippen LogP) is 1.87. The van der Waals surface area contributed by atoms with E-state index in [9.17, 15) is 9.59 Å². The third-order valence-corrected chi connectivity index (χ3v) is 4.97. The first kappa shape index (κ1) is 18.7. The van der Waals surface area contributed by atoms with Crippen molar-refractivity contribution in [3.8, 4) is 6.07 Å². The molecule has 27 heavy (non-hydrogen) atoms. The standard InChI is InChI=1S/C18H18N6O2S/c1-3-8-23-16(26)12-6-4-5-7-14(12)24-17(23)21-22-18(24)27-10-15(25)13(9-19)11(2)20/h4-7H,3,8,10,20H2,1-2H3. The average Bonchev–Trinajstić information content (AvgIpc) is 3.07. The van der Waals surface area contributed by atoms with Crippen molar-refractivity contribution in [3.05, 3.63) is 45.9 Å². The van der Waals surface area contributed by atoms with Gasteiger partial charge in [-0.05, 0) is 25.5 Å². The number of Topliss-reactive ketones (excluding diaryl/α,β-unsaturated/α-hetero) is 1. The Morgan fingerprint density at radius 3 is 2.74 bits per heavy atom. The van der Waals surface area contributed by atoms with Crippen LogP contribution < -0.4 is 11.3 Å². The highest BCUT2D eigenvalue weighted by molar-refractivity contribution is 7.99. The molecule has 3 rings (SSSR count). The van der Waals surface area contributed by atoms with E-state index in [1.54, 1.807) is 21.1 Å². The lowest BCUT2D eigenvalue weighted by Gasteiger charge is -2.10. The van der Waals surface area contributed by atoms with Crippen LogP contribution in [-0.2, 0) is 11.3 Å². The molecule has 0 unspecified atom stereocenters. The number of carbonyl (C=O) groups is 1. The van der Waals surface area contributed by atoms with Gasteiger partial charge < -0.3 is 5.73 Å². The highest BCUT2D eigenvalue weighted by Crippen LogP contribution is 2.22. The number of allylic oxidation sites excluding steroid dienone is 2. The number of aryl methyl sites for hydroxylation is 1. The topological polar surface area (TPSA) is 119 Å². The number of nitrogens with two attached hydrogens (primary N) is 1. The summed E-state index contributed by atoms with van der Waals surface area (Å²) in [6.07, 6.45) is 0.772. The van der Waals surface area contributed by atoms with Crippen LogP contribution in [0.2, 0.25) is 0 Å². The second-order valence-corrected chi connectivity index (χ2v) is 6.92. The van der Waals surface area contributed by atoms with Crippen LogP contribution in [0, 0.1) is 11.3 Å². The van der Waals surface area contributed by atoms with Gasteiger partial charge in [0.2, 0.25) is 5.78 Å². The van der Waals surface area contributed by atoms with Crippen molar-refractivity contribution < 1.29 is 4.79 Å². The van der Waals surface area contributed by atoms with E-state index in [4.69, 9.17) is 11.0 Å². The minimum Gasteiger partial charge on any atom is -0.401 e. The summed E-state index contributed by atoms with van der Waals surface area (Å²) in [7, 11) is 0. The van der Waals surface area contributed by atoms with Crippen molar-refractivity contribution in [1.82, 2.24) is 19.2 Å². The molecule has 0 radical (unpaired) electrons. The Morgan fingerprint density at radius 2 is 2.07 bits per heavy atom. The molecule has 0 atom stereocenters. The minimum atomic E-state index is -0.370. The molecule has 0 aliphatic heterocycles. The van der Waals surface area contributed by atoms with Gasteiger partial charge in [-0.2, -0.15) is 5.26 Å². The van der Waals surface area contributed by atoms with Crippen LogP contribution >= 0.6 is 11.8 Å². The molecule has 0 aliphatic carbocycles. The summed E-state index contributed by atoms with van der Waals surface area (Å²) < 4.78 is 3.36. The molecule has 2 aromatic heterocycles. The van der Waals surface area contributed by atoms with Crippen molar-refractivity contribution in [2.75, 3.05) is 5.75 Å². The van der Waals surface area contributed by atoms with Gasteiger partial charge in [0, 0.05) is 12.2 Å². The number of aromatic nitrogens is 4. The summed E-state index contributed by atoms with van der Waals surface area (Å²) in [6.45, 7) is 4.01. The zero-order chi connectivity index (χ0) is 19.6. The Kier molecular flexibility index (Phi) is 5.28. The maximum absolute atomic E-state index is 12.8. The van der Waals surface area contributed by atoms with E-state index in [1.165, 1.54) is 6.92 Å². The van der Waals surface area contributed by atoms with E-state index in [0.29, 0.717) is 28.4 Å². The fourth-order valence-corrected chi connectivity index (χ4v) is 3.64. The highest BCUT2D eigenvalue weighted by atomic mass is 32.2. The van der Waals surface area contributed by atoms with E-state index in [1.807, 2.05) is 25.1 Å². The number of thioether (sulfide) groups is 1. The summed E-state index contributed by atoms with van der Waals surface area (Å²) in [4.78, 5) is 25.0. The number of hydrogen-bond donors (Lipinski definition) is 1. The lowest BCUT2D eigenvalue weighted by Crippen LogP contribution is -2.23.